The van der Waals surface area contributed by atoms with Crippen LogP contribution >= 0.6 is 0 Å². The molecule has 0 saturated carbocycles. The van der Waals surface area contributed by atoms with Gasteiger partial charge in [0.15, 0.2) is 0 Å². The van der Waals surface area contributed by atoms with Crippen molar-refractivity contribution in [3.05, 3.63) is 77.5 Å². The Morgan fingerprint density at radius 3 is 1.55 bits per heavy atom. The van der Waals surface area contributed by atoms with Gasteiger partial charge in [-0.3, -0.25) is 4.79 Å². The molecule has 29 heavy (non-hydrogen) atoms. The quantitative estimate of drug-likeness (QED) is 0.366. The Hall–Kier alpha value is -2.13. The summed E-state index contributed by atoms with van der Waals surface area (Å²) in [5, 5.41) is 0.0432. The molecule has 2 aromatic carbocycles. The van der Waals surface area contributed by atoms with Crippen LogP contribution in [-0.2, 0) is 9.22 Å². The first-order valence-corrected chi connectivity index (χ1v) is 13.3. The summed E-state index contributed by atoms with van der Waals surface area (Å²) in [4.78, 5) is 13.1. The van der Waals surface area contributed by atoms with E-state index in [2.05, 4.69) is 58.1 Å². The highest BCUT2D eigenvalue weighted by molar-refractivity contribution is 6.74. The SMILES string of the molecule is CC(C)(C)C(=O)CC(O[Si](C)(C)C(C)(C)C)=C(c1ccccc1)c1ccccc1. The van der Waals surface area contributed by atoms with Gasteiger partial charge < -0.3 is 4.43 Å². The highest BCUT2D eigenvalue weighted by atomic mass is 28.4. The van der Waals surface area contributed by atoms with Crippen LogP contribution in [0.4, 0.5) is 0 Å². The molecule has 0 saturated heterocycles. The molecule has 0 amide bonds. The first-order chi connectivity index (χ1) is 13.3. The standard InChI is InChI=1S/C26H36O2Si/c1-25(2,3)23(27)19-22(28-29(7,8)26(4,5)6)24(20-15-11-9-12-16-20)21-17-13-10-14-18-21/h9-18H,19H2,1-8H3. The number of hydrogen-bond donors (Lipinski definition) is 0. The molecule has 0 aliphatic carbocycles. The molecule has 0 N–H and O–H groups in total. The highest BCUT2D eigenvalue weighted by Gasteiger charge is 2.40. The Morgan fingerprint density at radius 2 is 1.21 bits per heavy atom. The molecule has 156 valence electrons. The van der Waals surface area contributed by atoms with Gasteiger partial charge in [-0.1, -0.05) is 102 Å². The zero-order valence-electron chi connectivity index (χ0n) is 19.3. The van der Waals surface area contributed by atoms with Crippen LogP contribution in [-0.4, -0.2) is 14.1 Å². The first kappa shape index (κ1) is 23.1. The summed E-state index contributed by atoms with van der Waals surface area (Å²) < 4.78 is 6.84. The summed E-state index contributed by atoms with van der Waals surface area (Å²) in [5.41, 5.74) is 2.76. The second kappa shape index (κ2) is 8.70. The molecule has 2 rings (SSSR count). The number of allylic oxidation sites excluding steroid dienone is 1. The maximum atomic E-state index is 13.1. The molecule has 0 heterocycles. The van der Waals surface area contributed by atoms with Gasteiger partial charge in [0.2, 0.25) is 8.32 Å². The van der Waals surface area contributed by atoms with E-state index in [1.54, 1.807) is 0 Å². The number of carbonyl (C=O) groups is 1. The van der Waals surface area contributed by atoms with Crippen LogP contribution in [0.3, 0.4) is 0 Å². The van der Waals surface area contributed by atoms with E-state index in [0.717, 1.165) is 22.5 Å². The number of rotatable bonds is 6. The van der Waals surface area contributed by atoms with Crippen molar-refractivity contribution in [1.29, 1.82) is 0 Å². The third kappa shape index (κ3) is 5.93. The number of ketones is 1. The van der Waals surface area contributed by atoms with Crippen molar-refractivity contribution in [3.63, 3.8) is 0 Å². The lowest BCUT2D eigenvalue weighted by atomic mass is 9.86. The molecule has 0 aliphatic heterocycles. The topological polar surface area (TPSA) is 26.3 Å². The van der Waals surface area contributed by atoms with E-state index in [1.165, 1.54) is 0 Å². The van der Waals surface area contributed by atoms with E-state index in [1.807, 2.05) is 57.2 Å². The second-order valence-electron chi connectivity index (χ2n) is 10.2. The molecule has 0 bridgehead atoms. The van der Waals surface area contributed by atoms with E-state index in [4.69, 9.17) is 4.43 Å². The minimum absolute atomic E-state index is 0.0432. The number of Topliss-reactive ketones (excluding diaryl/α,β-unsaturated/α-hetero) is 1. The van der Waals surface area contributed by atoms with E-state index in [9.17, 15) is 4.79 Å². The van der Waals surface area contributed by atoms with Gasteiger partial charge in [-0.15, -0.1) is 0 Å². The summed E-state index contributed by atoms with van der Waals surface area (Å²) >= 11 is 0. The maximum absolute atomic E-state index is 13.1. The molecule has 0 aromatic heterocycles. The fourth-order valence-electron chi connectivity index (χ4n) is 2.75. The zero-order valence-corrected chi connectivity index (χ0v) is 20.3. The van der Waals surface area contributed by atoms with Crippen molar-refractivity contribution in [2.24, 2.45) is 5.41 Å². The number of carbonyl (C=O) groups excluding carboxylic acids is 1. The van der Waals surface area contributed by atoms with E-state index in [0.29, 0.717) is 6.42 Å². The molecule has 0 spiro atoms. The number of hydrogen-bond acceptors (Lipinski definition) is 2. The van der Waals surface area contributed by atoms with Gasteiger partial charge in [-0.05, 0) is 29.3 Å². The summed E-state index contributed by atoms with van der Waals surface area (Å²) in [7, 11) is -2.13. The van der Waals surface area contributed by atoms with Crippen LogP contribution in [0.15, 0.2) is 66.4 Å². The van der Waals surface area contributed by atoms with E-state index in [-0.39, 0.29) is 10.8 Å². The predicted molar refractivity (Wildman–Crippen MR) is 126 cm³/mol. The molecule has 2 nitrogen and oxygen atoms in total. The summed E-state index contributed by atoms with van der Waals surface area (Å²) in [6.45, 7) is 17.1. The minimum Gasteiger partial charge on any atom is -0.546 e. The summed E-state index contributed by atoms with van der Waals surface area (Å²) in [6, 6.07) is 20.6. The molecule has 0 atom stereocenters. The molecule has 0 radical (unpaired) electrons. The van der Waals surface area contributed by atoms with Crippen molar-refractivity contribution in [3.8, 4) is 0 Å². The molecule has 0 fully saturated rings. The van der Waals surface area contributed by atoms with Crippen molar-refractivity contribution in [2.45, 2.75) is 66.1 Å². The Kier molecular flexibility index (Phi) is 6.95. The third-order valence-electron chi connectivity index (χ3n) is 5.75. The van der Waals surface area contributed by atoms with Crippen LogP contribution in [0, 0.1) is 5.41 Å². The minimum atomic E-state index is -2.13. The highest BCUT2D eigenvalue weighted by Crippen LogP contribution is 2.41. The zero-order chi connectivity index (χ0) is 21.9. The Bertz CT molecular complexity index is 810. The van der Waals surface area contributed by atoms with Crippen LogP contribution in [0.5, 0.6) is 0 Å². The van der Waals surface area contributed by atoms with Crippen LogP contribution in [0.1, 0.15) is 59.1 Å². The average Bonchev–Trinajstić information content (AvgIpc) is 2.61. The largest absolute Gasteiger partial charge is 0.546 e. The van der Waals surface area contributed by atoms with Gasteiger partial charge in [-0.2, -0.15) is 0 Å². The molecular formula is C26H36O2Si. The predicted octanol–water partition coefficient (Wildman–Crippen LogP) is 7.47. The van der Waals surface area contributed by atoms with Crippen molar-refractivity contribution >= 4 is 19.7 Å². The van der Waals surface area contributed by atoms with Crippen LogP contribution < -0.4 is 0 Å². The monoisotopic (exact) mass is 408 g/mol. The average molecular weight is 409 g/mol. The fraction of sp³-hybridized carbons (Fsp3) is 0.423. The van der Waals surface area contributed by atoms with Gasteiger partial charge >= 0.3 is 0 Å². The Balaban J connectivity index is 2.73. The molecule has 0 unspecified atom stereocenters. The van der Waals surface area contributed by atoms with Crippen LogP contribution in [0.25, 0.3) is 5.57 Å². The Labute approximate surface area is 178 Å². The normalized spacial score (nSPS) is 12.4. The van der Waals surface area contributed by atoms with Gasteiger partial charge in [-0.25, -0.2) is 0 Å². The van der Waals surface area contributed by atoms with Crippen molar-refractivity contribution in [1.82, 2.24) is 0 Å². The lowest BCUT2D eigenvalue weighted by Crippen LogP contribution is -2.41. The molecule has 0 aliphatic rings. The van der Waals surface area contributed by atoms with E-state index < -0.39 is 13.7 Å². The molecule has 2 aromatic rings. The summed E-state index contributed by atoms with van der Waals surface area (Å²) in [6.07, 6.45) is 0.301. The number of benzene rings is 2. The fourth-order valence-corrected chi connectivity index (χ4v) is 3.84. The van der Waals surface area contributed by atoms with Crippen molar-refractivity contribution in [2.75, 3.05) is 0 Å². The van der Waals surface area contributed by atoms with Crippen molar-refractivity contribution < 1.29 is 9.22 Å². The maximum Gasteiger partial charge on any atom is 0.250 e. The summed E-state index contributed by atoms with van der Waals surface area (Å²) in [5.74, 6) is 0.990. The van der Waals surface area contributed by atoms with Crippen LogP contribution in [0.2, 0.25) is 18.1 Å². The third-order valence-corrected chi connectivity index (χ3v) is 10.1. The lowest BCUT2D eigenvalue weighted by Gasteiger charge is -2.38. The molecule has 3 heteroatoms. The van der Waals surface area contributed by atoms with E-state index >= 15 is 0 Å². The lowest BCUT2D eigenvalue weighted by molar-refractivity contribution is -0.125. The second-order valence-corrected chi connectivity index (χ2v) is 15.0. The van der Waals surface area contributed by atoms with Gasteiger partial charge in [0.1, 0.15) is 5.78 Å². The Morgan fingerprint density at radius 1 is 0.793 bits per heavy atom. The molecular weight excluding hydrogens is 372 g/mol. The first-order valence-electron chi connectivity index (χ1n) is 10.4. The van der Waals surface area contributed by atoms with Gasteiger partial charge in [0.05, 0.1) is 12.2 Å². The smallest absolute Gasteiger partial charge is 0.250 e. The van der Waals surface area contributed by atoms with Gasteiger partial charge in [0.25, 0.3) is 0 Å². The van der Waals surface area contributed by atoms with Gasteiger partial charge in [0, 0.05) is 11.0 Å².